The first-order valence-electron chi connectivity index (χ1n) is 7.77. The number of furan rings is 1. The van der Waals surface area contributed by atoms with Crippen molar-refractivity contribution in [3.8, 4) is 11.5 Å². The molecule has 2 aromatic rings. The number of piperidine rings is 1. The number of anilines is 1. The number of nitrogens with zero attached hydrogens (tertiary/aromatic N) is 3. The van der Waals surface area contributed by atoms with Gasteiger partial charge in [-0.1, -0.05) is 0 Å². The van der Waals surface area contributed by atoms with Crippen LogP contribution in [0.4, 0.5) is 5.69 Å². The zero-order chi connectivity index (χ0) is 16.4. The van der Waals surface area contributed by atoms with Gasteiger partial charge in [-0.3, -0.25) is 9.59 Å². The molecule has 1 saturated heterocycles. The van der Waals surface area contributed by atoms with Crippen molar-refractivity contribution in [3.63, 3.8) is 0 Å². The molecule has 0 aliphatic carbocycles. The van der Waals surface area contributed by atoms with Crippen molar-refractivity contribution >= 4 is 11.6 Å². The molecule has 1 atom stereocenters. The zero-order valence-corrected chi connectivity index (χ0v) is 13.1. The van der Waals surface area contributed by atoms with Gasteiger partial charge >= 0.3 is 0 Å². The van der Waals surface area contributed by atoms with Crippen molar-refractivity contribution < 1.29 is 9.21 Å². The van der Waals surface area contributed by atoms with E-state index in [1.807, 2.05) is 11.8 Å². The Bertz CT molecular complexity index is 751. The molecule has 0 saturated carbocycles. The fraction of sp³-hybridized carbons (Fsp3) is 0.438. The number of nitrogen functional groups attached to an aromatic ring is 1. The topological polar surface area (TPSA) is 94.4 Å². The number of hydrogen-bond acceptors (Lipinski definition) is 5. The largest absolute Gasteiger partial charge is 0.463 e. The smallest absolute Gasteiger partial charge is 0.290 e. The highest BCUT2D eigenvalue weighted by Crippen LogP contribution is 2.19. The van der Waals surface area contributed by atoms with Crippen LogP contribution in [0.5, 0.6) is 0 Å². The molecule has 7 nitrogen and oxygen atoms in total. The summed E-state index contributed by atoms with van der Waals surface area (Å²) in [6.07, 6.45) is 4.63. The predicted molar refractivity (Wildman–Crippen MR) is 85.6 cm³/mol. The minimum Gasteiger partial charge on any atom is -0.463 e. The number of carbonyl (C=O) groups excluding carboxylic acids is 1. The third-order valence-electron chi connectivity index (χ3n) is 4.18. The van der Waals surface area contributed by atoms with Crippen LogP contribution in [0, 0.1) is 0 Å². The molecule has 7 heteroatoms. The fourth-order valence-corrected chi connectivity index (χ4v) is 2.90. The molecule has 0 unspecified atom stereocenters. The van der Waals surface area contributed by atoms with E-state index in [4.69, 9.17) is 10.2 Å². The molecule has 1 fully saturated rings. The highest BCUT2D eigenvalue weighted by Gasteiger charge is 2.24. The summed E-state index contributed by atoms with van der Waals surface area (Å²) in [5.41, 5.74) is 5.79. The van der Waals surface area contributed by atoms with Gasteiger partial charge in [0.25, 0.3) is 5.56 Å². The first-order chi connectivity index (χ1) is 11.1. The summed E-state index contributed by atoms with van der Waals surface area (Å²) < 4.78 is 6.40. The van der Waals surface area contributed by atoms with Crippen molar-refractivity contribution in [2.24, 2.45) is 0 Å². The van der Waals surface area contributed by atoms with Gasteiger partial charge < -0.3 is 15.1 Å². The summed E-state index contributed by atoms with van der Waals surface area (Å²) in [5, 5.41) is 4.22. The number of nitrogens with two attached hydrogens (primary N) is 1. The van der Waals surface area contributed by atoms with E-state index >= 15 is 0 Å². The molecule has 23 heavy (non-hydrogen) atoms. The van der Waals surface area contributed by atoms with Gasteiger partial charge in [0.1, 0.15) is 17.9 Å². The summed E-state index contributed by atoms with van der Waals surface area (Å²) in [6.45, 7) is 2.64. The van der Waals surface area contributed by atoms with Crippen LogP contribution < -0.4 is 11.3 Å². The second kappa shape index (κ2) is 6.28. The molecule has 2 aromatic heterocycles. The SMILES string of the molecule is C[C@@H]1CCCCN1C(=O)Cn1nc(-c2ccco2)cc(N)c1=O. The van der Waals surface area contributed by atoms with Crippen LogP contribution in [0.15, 0.2) is 33.7 Å². The predicted octanol–water partition coefficient (Wildman–Crippen LogP) is 1.49. The lowest BCUT2D eigenvalue weighted by Crippen LogP contribution is -2.45. The monoisotopic (exact) mass is 316 g/mol. The lowest BCUT2D eigenvalue weighted by atomic mass is 10.0. The van der Waals surface area contributed by atoms with Gasteiger partial charge in [-0.2, -0.15) is 5.10 Å². The highest BCUT2D eigenvalue weighted by atomic mass is 16.3. The molecule has 0 radical (unpaired) electrons. The quantitative estimate of drug-likeness (QED) is 0.925. The molecular weight excluding hydrogens is 296 g/mol. The molecule has 0 bridgehead atoms. The summed E-state index contributed by atoms with van der Waals surface area (Å²) in [6, 6.07) is 5.11. The van der Waals surface area contributed by atoms with Crippen molar-refractivity contribution in [1.29, 1.82) is 0 Å². The van der Waals surface area contributed by atoms with Crippen molar-refractivity contribution in [3.05, 3.63) is 34.8 Å². The Morgan fingerprint density at radius 3 is 3.00 bits per heavy atom. The Labute approximate surface area is 133 Å². The normalized spacial score (nSPS) is 18.1. The highest BCUT2D eigenvalue weighted by molar-refractivity contribution is 5.76. The van der Waals surface area contributed by atoms with Gasteiger partial charge in [-0.15, -0.1) is 0 Å². The molecule has 3 rings (SSSR count). The number of rotatable bonds is 3. The molecule has 0 aromatic carbocycles. The summed E-state index contributed by atoms with van der Waals surface area (Å²) in [5.74, 6) is 0.395. The average Bonchev–Trinajstić information content (AvgIpc) is 3.06. The maximum Gasteiger partial charge on any atom is 0.290 e. The number of aromatic nitrogens is 2. The van der Waals surface area contributed by atoms with E-state index < -0.39 is 5.56 Å². The van der Waals surface area contributed by atoms with E-state index in [0.29, 0.717) is 11.5 Å². The van der Waals surface area contributed by atoms with Crippen LogP contribution in [0.3, 0.4) is 0 Å². The van der Waals surface area contributed by atoms with Crippen LogP contribution in [0.25, 0.3) is 11.5 Å². The zero-order valence-electron chi connectivity index (χ0n) is 13.1. The average molecular weight is 316 g/mol. The second-order valence-corrected chi connectivity index (χ2v) is 5.86. The van der Waals surface area contributed by atoms with Gasteiger partial charge in [0.05, 0.1) is 6.26 Å². The Morgan fingerprint density at radius 2 is 2.30 bits per heavy atom. The van der Waals surface area contributed by atoms with E-state index in [1.165, 1.54) is 12.3 Å². The van der Waals surface area contributed by atoms with E-state index in [0.717, 1.165) is 30.5 Å². The first-order valence-corrected chi connectivity index (χ1v) is 7.77. The maximum absolute atomic E-state index is 12.5. The van der Waals surface area contributed by atoms with E-state index in [2.05, 4.69) is 5.10 Å². The molecule has 1 aliphatic heterocycles. The van der Waals surface area contributed by atoms with Gasteiger partial charge in [0, 0.05) is 12.6 Å². The van der Waals surface area contributed by atoms with Gasteiger partial charge in [0.2, 0.25) is 5.91 Å². The molecule has 3 heterocycles. The van der Waals surface area contributed by atoms with Gasteiger partial charge in [-0.25, -0.2) is 4.68 Å². The number of likely N-dealkylation sites (tertiary alicyclic amines) is 1. The molecule has 1 amide bonds. The first kappa shape index (κ1) is 15.3. The van der Waals surface area contributed by atoms with E-state index in [1.54, 1.807) is 12.1 Å². The van der Waals surface area contributed by atoms with Crippen LogP contribution in [0.2, 0.25) is 0 Å². The maximum atomic E-state index is 12.5. The van der Waals surface area contributed by atoms with Crippen molar-refractivity contribution in [2.75, 3.05) is 12.3 Å². The third-order valence-corrected chi connectivity index (χ3v) is 4.18. The third kappa shape index (κ3) is 3.13. The van der Waals surface area contributed by atoms with Crippen LogP contribution in [-0.4, -0.2) is 33.2 Å². The minimum absolute atomic E-state index is 0.0471. The molecular formula is C16H20N4O3. The molecule has 2 N–H and O–H groups in total. The Balaban J connectivity index is 1.87. The number of carbonyl (C=O) groups is 1. The van der Waals surface area contributed by atoms with Crippen LogP contribution >= 0.6 is 0 Å². The lowest BCUT2D eigenvalue weighted by molar-refractivity contribution is -0.135. The fourth-order valence-electron chi connectivity index (χ4n) is 2.90. The second-order valence-electron chi connectivity index (χ2n) is 5.86. The van der Waals surface area contributed by atoms with Crippen molar-refractivity contribution in [1.82, 2.24) is 14.7 Å². The molecule has 122 valence electrons. The Kier molecular flexibility index (Phi) is 4.18. The van der Waals surface area contributed by atoms with Crippen LogP contribution in [-0.2, 0) is 11.3 Å². The van der Waals surface area contributed by atoms with E-state index in [-0.39, 0.29) is 24.2 Å². The summed E-state index contributed by atoms with van der Waals surface area (Å²) >= 11 is 0. The molecule has 0 spiro atoms. The minimum atomic E-state index is -0.460. The van der Waals surface area contributed by atoms with Gasteiger partial charge in [0.15, 0.2) is 5.76 Å². The Morgan fingerprint density at radius 1 is 1.48 bits per heavy atom. The van der Waals surface area contributed by atoms with Gasteiger partial charge in [-0.05, 0) is 44.4 Å². The molecule has 1 aliphatic rings. The van der Waals surface area contributed by atoms with Crippen molar-refractivity contribution in [2.45, 2.75) is 38.8 Å². The summed E-state index contributed by atoms with van der Waals surface area (Å²) in [4.78, 5) is 26.5. The standard InChI is InChI=1S/C16H20N4O3/c1-11-5-2-3-7-19(11)15(21)10-20-16(22)12(17)9-13(18-20)14-6-4-8-23-14/h4,6,8-9,11H,2-3,5,7,10,17H2,1H3/t11-/m1/s1. The van der Waals surface area contributed by atoms with E-state index in [9.17, 15) is 9.59 Å². The summed E-state index contributed by atoms with van der Waals surface area (Å²) in [7, 11) is 0. The number of hydrogen-bond donors (Lipinski definition) is 1. The number of amides is 1. The Hall–Kier alpha value is -2.57. The lowest BCUT2D eigenvalue weighted by Gasteiger charge is -2.33. The van der Waals surface area contributed by atoms with Crippen LogP contribution in [0.1, 0.15) is 26.2 Å².